The lowest BCUT2D eigenvalue weighted by molar-refractivity contribution is -0.191. The van der Waals surface area contributed by atoms with Crippen molar-refractivity contribution in [2.75, 3.05) is 19.7 Å². The van der Waals surface area contributed by atoms with Crippen LogP contribution >= 0.6 is 0 Å². The third kappa shape index (κ3) is 10.6. The maximum atomic E-state index is 9.21. The molecule has 8 heteroatoms. The first-order valence-corrected chi connectivity index (χ1v) is 7.51. The Morgan fingerprint density at radius 3 is 2.52 bits per heavy atom. The van der Waals surface area contributed by atoms with Crippen molar-refractivity contribution in [3.05, 3.63) is 0 Å². The number of carbonyl (C=O) groups excluding carboxylic acids is 2. The van der Waals surface area contributed by atoms with Gasteiger partial charge in [0, 0.05) is 12.1 Å². The molecule has 5 N–H and O–H groups in total. The van der Waals surface area contributed by atoms with E-state index < -0.39 is 7.12 Å². The van der Waals surface area contributed by atoms with Gasteiger partial charge in [0.25, 0.3) is 0 Å². The van der Waals surface area contributed by atoms with Gasteiger partial charge in [0.15, 0.2) is 0 Å². The van der Waals surface area contributed by atoms with Crippen LogP contribution in [0.1, 0.15) is 38.5 Å². The molecule has 0 radical (unpaired) electrons. The summed E-state index contributed by atoms with van der Waals surface area (Å²) in [5, 5.41) is 26.6. The predicted octanol–water partition coefficient (Wildman–Crippen LogP) is -0.780. The third-order valence-corrected chi connectivity index (χ3v) is 3.78. The second-order valence-electron chi connectivity index (χ2n) is 5.41. The number of aliphatic hydroxyl groups excluding tert-OH is 1. The fourth-order valence-corrected chi connectivity index (χ4v) is 2.61. The van der Waals surface area contributed by atoms with Gasteiger partial charge in [-0.15, -0.1) is 0 Å². The molecule has 0 aromatic rings. The van der Waals surface area contributed by atoms with Crippen molar-refractivity contribution in [1.29, 1.82) is 0 Å². The molecule has 1 aliphatic heterocycles. The highest BCUT2D eigenvalue weighted by molar-refractivity contribution is 6.40. The second kappa shape index (κ2) is 12.9. The van der Waals surface area contributed by atoms with E-state index in [0.29, 0.717) is 12.4 Å². The van der Waals surface area contributed by atoms with Gasteiger partial charge in [-0.05, 0) is 45.1 Å². The molecule has 0 aliphatic carbocycles. The van der Waals surface area contributed by atoms with Gasteiger partial charge in [-0.25, -0.2) is 0 Å². The Balaban J connectivity index is 0.00000122. The largest absolute Gasteiger partial charge is 0.451 e. The van der Waals surface area contributed by atoms with Gasteiger partial charge in [0.2, 0.25) is 0 Å². The lowest BCUT2D eigenvalue weighted by Crippen LogP contribution is -2.36. The summed E-state index contributed by atoms with van der Waals surface area (Å²) < 4.78 is 0. The van der Waals surface area contributed by atoms with Crippen LogP contribution in [-0.2, 0) is 9.59 Å². The Kier molecular flexibility index (Phi) is 12.5. The molecule has 21 heavy (non-hydrogen) atoms. The van der Waals surface area contributed by atoms with Crippen LogP contribution in [0.2, 0.25) is 6.32 Å². The summed E-state index contributed by atoms with van der Waals surface area (Å²) in [6.07, 6.45) is 6.61. The first-order valence-electron chi connectivity index (χ1n) is 7.51. The number of hydrogen-bond acceptors (Lipinski definition) is 7. The standard InChI is InChI=1S/C12H27BN2O3.CO2/c14-11(4-1-2-7-13(17)18)6-9-15-8-3-5-12(15)10-16;2-1-3/h11-12,16-18H,1-10,14H2;/t11-,12-;/m1./s1. The summed E-state index contributed by atoms with van der Waals surface area (Å²) >= 11 is 0. The lowest BCUT2D eigenvalue weighted by Gasteiger charge is -2.24. The van der Waals surface area contributed by atoms with Crippen molar-refractivity contribution >= 4 is 13.3 Å². The van der Waals surface area contributed by atoms with E-state index >= 15 is 0 Å². The molecule has 1 rings (SSSR count). The zero-order valence-corrected chi connectivity index (χ0v) is 12.5. The summed E-state index contributed by atoms with van der Waals surface area (Å²) in [5.74, 6) is 0. The number of unbranched alkanes of at least 4 members (excludes halogenated alkanes) is 1. The molecule has 0 unspecified atom stereocenters. The molecule has 0 amide bonds. The average Bonchev–Trinajstić information content (AvgIpc) is 2.89. The van der Waals surface area contributed by atoms with E-state index in [2.05, 4.69) is 4.90 Å². The van der Waals surface area contributed by atoms with Gasteiger partial charge in [0.1, 0.15) is 0 Å². The normalized spacial score (nSPS) is 19.5. The predicted molar refractivity (Wildman–Crippen MR) is 78.1 cm³/mol. The van der Waals surface area contributed by atoms with E-state index in [9.17, 15) is 5.11 Å². The topological polar surface area (TPSA) is 124 Å². The van der Waals surface area contributed by atoms with E-state index in [-0.39, 0.29) is 18.8 Å². The molecule has 7 nitrogen and oxygen atoms in total. The van der Waals surface area contributed by atoms with Crippen molar-refractivity contribution in [1.82, 2.24) is 4.90 Å². The summed E-state index contributed by atoms with van der Waals surface area (Å²) in [6, 6.07) is 0.516. The summed E-state index contributed by atoms with van der Waals surface area (Å²) in [7, 11) is -1.18. The molecular formula is C13H27BN2O5. The van der Waals surface area contributed by atoms with Gasteiger partial charge < -0.3 is 20.9 Å². The van der Waals surface area contributed by atoms with Crippen molar-refractivity contribution < 1.29 is 24.7 Å². The molecule has 0 saturated carbocycles. The van der Waals surface area contributed by atoms with Crippen LogP contribution in [0.15, 0.2) is 0 Å². The Hall–Kier alpha value is -0.755. The van der Waals surface area contributed by atoms with Gasteiger partial charge >= 0.3 is 13.3 Å². The average molecular weight is 302 g/mol. The summed E-state index contributed by atoms with van der Waals surface area (Å²) in [5.41, 5.74) is 6.04. The molecule has 1 saturated heterocycles. The van der Waals surface area contributed by atoms with Crippen LogP contribution in [0.4, 0.5) is 0 Å². The van der Waals surface area contributed by atoms with Gasteiger partial charge in [-0.1, -0.05) is 12.8 Å². The van der Waals surface area contributed by atoms with Crippen LogP contribution in [0.5, 0.6) is 0 Å². The fourth-order valence-electron chi connectivity index (χ4n) is 2.61. The molecule has 2 atom stereocenters. The number of rotatable bonds is 9. The molecule has 1 aliphatic rings. The Labute approximate surface area is 126 Å². The van der Waals surface area contributed by atoms with E-state index in [1.807, 2.05) is 0 Å². The number of aliphatic hydroxyl groups is 1. The van der Waals surface area contributed by atoms with Crippen molar-refractivity contribution in [2.24, 2.45) is 5.73 Å². The van der Waals surface area contributed by atoms with Crippen LogP contribution in [0.25, 0.3) is 0 Å². The summed E-state index contributed by atoms with van der Waals surface area (Å²) in [4.78, 5) is 18.6. The fraction of sp³-hybridized carbons (Fsp3) is 0.923. The Morgan fingerprint density at radius 2 is 1.95 bits per heavy atom. The van der Waals surface area contributed by atoms with Crippen molar-refractivity contribution in [3.63, 3.8) is 0 Å². The number of nitrogens with two attached hydrogens (primary N) is 1. The van der Waals surface area contributed by atoms with Gasteiger partial charge in [-0.3, -0.25) is 4.90 Å². The van der Waals surface area contributed by atoms with Crippen LogP contribution in [-0.4, -0.2) is 65.1 Å². The molecule has 0 spiro atoms. The van der Waals surface area contributed by atoms with Crippen molar-refractivity contribution in [3.8, 4) is 0 Å². The van der Waals surface area contributed by atoms with Gasteiger partial charge in [0.05, 0.1) is 6.61 Å². The highest BCUT2D eigenvalue weighted by atomic mass is 16.4. The van der Waals surface area contributed by atoms with Crippen molar-refractivity contribution in [2.45, 2.75) is 56.9 Å². The minimum atomic E-state index is -1.18. The minimum Gasteiger partial charge on any atom is -0.427 e. The lowest BCUT2D eigenvalue weighted by atomic mass is 9.83. The maximum Gasteiger partial charge on any atom is 0.451 e. The minimum absolute atomic E-state index is 0.181. The zero-order valence-electron chi connectivity index (χ0n) is 12.5. The second-order valence-corrected chi connectivity index (χ2v) is 5.41. The van der Waals surface area contributed by atoms with Crippen LogP contribution < -0.4 is 5.73 Å². The SMILES string of the molecule is N[C@H](CCCCB(O)O)CCN1CCC[C@@H]1CO.O=C=O. The molecule has 122 valence electrons. The van der Waals surface area contributed by atoms with Crippen LogP contribution in [0, 0.1) is 0 Å². The number of hydrogen-bond donors (Lipinski definition) is 4. The first-order chi connectivity index (χ1) is 10.0. The molecule has 1 fully saturated rings. The molecule has 0 bridgehead atoms. The number of nitrogens with zero attached hydrogens (tertiary/aromatic N) is 1. The molecular weight excluding hydrogens is 275 g/mol. The quantitative estimate of drug-likeness (QED) is 0.325. The highest BCUT2D eigenvalue weighted by Crippen LogP contribution is 2.17. The molecule has 0 aromatic carbocycles. The van der Waals surface area contributed by atoms with E-state index in [0.717, 1.165) is 45.2 Å². The monoisotopic (exact) mass is 302 g/mol. The third-order valence-electron chi connectivity index (χ3n) is 3.78. The van der Waals surface area contributed by atoms with Crippen LogP contribution in [0.3, 0.4) is 0 Å². The summed E-state index contributed by atoms with van der Waals surface area (Å²) in [6.45, 7) is 2.30. The molecule has 0 aromatic heterocycles. The van der Waals surface area contributed by atoms with Gasteiger partial charge in [-0.2, -0.15) is 9.59 Å². The Bertz CT molecular complexity index is 288. The van der Waals surface area contributed by atoms with E-state index in [4.69, 9.17) is 25.4 Å². The van der Waals surface area contributed by atoms with E-state index in [1.54, 1.807) is 0 Å². The smallest absolute Gasteiger partial charge is 0.427 e. The zero-order chi connectivity index (χ0) is 16.1. The number of likely N-dealkylation sites (tertiary alicyclic amines) is 1. The maximum absolute atomic E-state index is 9.21. The Morgan fingerprint density at radius 1 is 1.29 bits per heavy atom. The first kappa shape index (κ1) is 20.2. The van der Waals surface area contributed by atoms with E-state index in [1.165, 1.54) is 6.42 Å². The highest BCUT2D eigenvalue weighted by Gasteiger charge is 2.23. The molecule has 1 heterocycles.